The summed E-state index contributed by atoms with van der Waals surface area (Å²) in [4.78, 5) is 28.4. The summed E-state index contributed by atoms with van der Waals surface area (Å²) in [6.07, 6.45) is 0.192. The van der Waals surface area contributed by atoms with E-state index in [1.54, 1.807) is 4.90 Å². The highest BCUT2D eigenvalue weighted by Crippen LogP contribution is 2.28. The maximum Gasteiger partial charge on any atom is 0.226 e. The molecule has 0 aromatic heterocycles. The third kappa shape index (κ3) is 6.24. The fraction of sp³-hybridized carbons (Fsp3) is 0.391. The first-order chi connectivity index (χ1) is 14.0. The summed E-state index contributed by atoms with van der Waals surface area (Å²) < 4.78 is 5.62. The second kappa shape index (κ2) is 11.1. The Balaban J connectivity index is 2.00. The van der Waals surface area contributed by atoms with Crippen LogP contribution in [0.1, 0.15) is 34.1 Å². The first kappa shape index (κ1) is 22.3. The van der Waals surface area contributed by atoms with E-state index in [9.17, 15) is 9.59 Å². The van der Waals surface area contributed by atoms with Crippen molar-refractivity contribution < 1.29 is 14.3 Å². The number of nitrogens with one attached hydrogen (secondary N) is 1. The molecule has 1 N–H and O–H groups in total. The lowest BCUT2D eigenvalue weighted by molar-refractivity contribution is -0.117. The van der Waals surface area contributed by atoms with Gasteiger partial charge >= 0.3 is 0 Å². The summed E-state index contributed by atoms with van der Waals surface area (Å²) in [6, 6.07) is 15.2. The number of para-hydroxylation sites is 2. The van der Waals surface area contributed by atoms with E-state index in [1.165, 1.54) is 6.92 Å². The second-order valence-electron chi connectivity index (χ2n) is 6.59. The lowest BCUT2D eigenvalue weighted by Gasteiger charge is -2.23. The van der Waals surface area contributed by atoms with Crippen LogP contribution >= 0.6 is 0 Å². The number of carbonyl (C=O) groups excluding carboxylic acids is 2. The van der Waals surface area contributed by atoms with Crippen molar-refractivity contribution in [2.45, 2.75) is 34.1 Å². The lowest BCUT2D eigenvalue weighted by atomic mass is 10.2. The van der Waals surface area contributed by atoms with E-state index < -0.39 is 0 Å². The quantitative estimate of drug-likeness (QED) is 0.649. The largest absolute Gasteiger partial charge is 0.492 e. The summed E-state index contributed by atoms with van der Waals surface area (Å²) in [5.74, 6) is 0.367. The van der Waals surface area contributed by atoms with Crippen molar-refractivity contribution in [1.82, 2.24) is 0 Å². The van der Waals surface area contributed by atoms with Crippen LogP contribution in [0.3, 0.4) is 0 Å². The van der Waals surface area contributed by atoms with E-state index in [2.05, 4.69) is 24.1 Å². The zero-order valence-electron chi connectivity index (χ0n) is 17.8. The molecule has 29 heavy (non-hydrogen) atoms. The molecular weight excluding hydrogens is 366 g/mol. The SMILES string of the molecule is CCOc1ccccc1N(CCC(=O)Nc1ccc(N(CC)CC)cc1)C(C)=O. The minimum Gasteiger partial charge on any atom is -0.492 e. The van der Waals surface area contributed by atoms with Crippen LogP contribution in [-0.4, -0.2) is 38.1 Å². The first-order valence-electron chi connectivity index (χ1n) is 10.1. The molecule has 0 bridgehead atoms. The van der Waals surface area contributed by atoms with Crippen LogP contribution < -0.4 is 19.9 Å². The minimum absolute atomic E-state index is 0.131. The zero-order valence-corrected chi connectivity index (χ0v) is 17.8. The van der Waals surface area contributed by atoms with Crippen molar-refractivity contribution in [3.63, 3.8) is 0 Å². The van der Waals surface area contributed by atoms with E-state index in [-0.39, 0.29) is 24.8 Å². The Morgan fingerprint density at radius 3 is 2.21 bits per heavy atom. The van der Waals surface area contributed by atoms with Gasteiger partial charge in [0.1, 0.15) is 5.75 Å². The summed E-state index contributed by atoms with van der Waals surface area (Å²) in [6.45, 7) is 10.3. The Labute approximate surface area is 173 Å². The predicted molar refractivity (Wildman–Crippen MR) is 119 cm³/mol. The van der Waals surface area contributed by atoms with Gasteiger partial charge in [-0.3, -0.25) is 9.59 Å². The van der Waals surface area contributed by atoms with Gasteiger partial charge in [-0.15, -0.1) is 0 Å². The normalized spacial score (nSPS) is 10.3. The van der Waals surface area contributed by atoms with E-state index in [0.717, 1.165) is 24.5 Å². The van der Waals surface area contributed by atoms with Gasteiger partial charge in [0.15, 0.2) is 0 Å². The van der Waals surface area contributed by atoms with Crippen LogP contribution in [0.5, 0.6) is 5.75 Å². The third-order valence-electron chi connectivity index (χ3n) is 4.68. The molecule has 2 aromatic carbocycles. The molecule has 2 rings (SSSR count). The molecular formula is C23H31N3O3. The van der Waals surface area contributed by atoms with E-state index in [0.29, 0.717) is 18.0 Å². The highest BCUT2D eigenvalue weighted by Gasteiger charge is 2.17. The Kier molecular flexibility index (Phi) is 8.52. The van der Waals surface area contributed by atoms with Crippen LogP contribution in [0.25, 0.3) is 0 Å². The molecule has 0 unspecified atom stereocenters. The molecule has 0 saturated carbocycles. The third-order valence-corrected chi connectivity index (χ3v) is 4.68. The highest BCUT2D eigenvalue weighted by atomic mass is 16.5. The fourth-order valence-electron chi connectivity index (χ4n) is 3.19. The molecule has 0 fully saturated rings. The molecule has 0 aliphatic heterocycles. The Bertz CT molecular complexity index is 801. The standard InChI is InChI=1S/C23H31N3O3/c1-5-25(6-2)20-14-12-19(13-15-20)24-23(28)16-17-26(18(4)27)21-10-8-9-11-22(21)29-7-3/h8-15H,5-7,16-17H2,1-4H3,(H,24,28). The van der Waals surface area contributed by atoms with Crippen LogP contribution in [0.4, 0.5) is 17.1 Å². The molecule has 6 heteroatoms. The number of benzene rings is 2. The maximum absolute atomic E-state index is 12.4. The maximum atomic E-state index is 12.4. The smallest absolute Gasteiger partial charge is 0.226 e. The number of carbonyl (C=O) groups is 2. The molecule has 0 radical (unpaired) electrons. The number of hydrogen-bond acceptors (Lipinski definition) is 4. The first-order valence-corrected chi connectivity index (χ1v) is 10.1. The van der Waals surface area contributed by atoms with Gasteiger partial charge in [-0.1, -0.05) is 12.1 Å². The van der Waals surface area contributed by atoms with Crippen LogP contribution in [0.15, 0.2) is 48.5 Å². The average Bonchev–Trinajstić information content (AvgIpc) is 2.71. The Hall–Kier alpha value is -3.02. The van der Waals surface area contributed by atoms with Crippen molar-refractivity contribution in [2.24, 2.45) is 0 Å². The van der Waals surface area contributed by atoms with Crippen molar-refractivity contribution in [1.29, 1.82) is 0 Å². The second-order valence-corrected chi connectivity index (χ2v) is 6.59. The van der Waals surface area contributed by atoms with E-state index >= 15 is 0 Å². The number of anilines is 3. The summed E-state index contributed by atoms with van der Waals surface area (Å²) in [7, 11) is 0. The van der Waals surface area contributed by atoms with Crippen molar-refractivity contribution >= 4 is 28.9 Å². The number of hydrogen-bond donors (Lipinski definition) is 1. The number of nitrogens with zero attached hydrogens (tertiary/aromatic N) is 2. The molecule has 0 spiro atoms. The van der Waals surface area contributed by atoms with Gasteiger partial charge in [-0.05, 0) is 57.2 Å². The summed E-state index contributed by atoms with van der Waals surface area (Å²) >= 11 is 0. The molecule has 0 atom stereocenters. The van der Waals surface area contributed by atoms with Crippen molar-refractivity contribution in [2.75, 3.05) is 41.4 Å². The van der Waals surface area contributed by atoms with Gasteiger partial charge < -0.3 is 19.9 Å². The van der Waals surface area contributed by atoms with Crippen LogP contribution in [0, 0.1) is 0 Å². The van der Waals surface area contributed by atoms with E-state index in [1.807, 2.05) is 55.5 Å². The van der Waals surface area contributed by atoms with Crippen LogP contribution in [0.2, 0.25) is 0 Å². The predicted octanol–water partition coefficient (Wildman–Crippen LogP) is 4.31. The highest BCUT2D eigenvalue weighted by molar-refractivity contribution is 5.95. The average molecular weight is 398 g/mol. The number of rotatable bonds is 10. The monoisotopic (exact) mass is 397 g/mol. The molecule has 0 saturated heterocycles. The molecule has 2 amide bonds. The molecule has 0 aliphatic rings. The molecule has 0 aliphatic carbocycles. The van der Waals surface area contributed by atoms with Gasteiger partial charge in [-0.25, -0.2) is 0 Å². The molecule has 2 aromatic rings. The van der Waals surface area contributed by atoms with E-state index in [4.69, 9.17) is 4.74 Å². The van der Waals surface area contributed by atoms with Crippen molar-refractivity contribution in [3.8, 4) is 5.75 Å². The van der Waals surface area contributed by atoms with Gasteiger partial charge in [0.2, 0.25) is 11.8 Å². The van der Waals surface area contributed by atoms with Gasteiger partial charge in [0.05, 0.1) is 12.3 Å². The lowest BCUT2D eigenvalue weighted by Crippen LogP contribution is -2.32. The van der Waals surface area contributed by atoms with Crippen molar-refractivity contribution in [3.05, 3.63) is 48.5 Å². The van der Waals surface area contributed by atoms with Gasteiger partial charge in [0, 0.05) is 44.4 Å². The van der Waals surface area contributed by atoms with Gasteiger partial charge in [0.25, 0.3) is 0 Å². The molecule has 156 valence electrons. The minimum atomic E-state index is -0.138. The zero-order chi connectivity index (χ0) is 21.2. The number of amides is 2. The number of ether oxygens (including phenoxy) is 1. The molecule has 0 heterocycles. The van der Waals surface area contributed by atoms with Crippen LogP contribution in [-0.2, 0) is 9.59 Å². The summed E-state index contributed by atoms with van der Waals surface area (Å²) in [5, 5.41) is 2.90. The fourth-order valence-corrected chi connectivity index (χ4v) is 3.19. The summed E-state index contributed by atoms with van der Waals surface area (Å²) in [5.41, 5.74) is 2.55. The topological polar surface area (TPSA) is 61.9 Å². The Morgan fingerprint density at radius 1 is 0.966 bits per heavy atom. The van der Waals surface area contributed by atoms with Gasteiger partial charge in [-0.2, -0.15) is 0 Å². The molecule has 6 nitrogen and oxygen atoms in total. The Morgan fingerprint density at radius 2 is 1.62 bits per heavy atom.